The van der Waals surface area contributed by atoms with Crippen molar-refractivity contribution in [3.63, 3.8) is 0 Å². The van der Waals surface area contributed by atoms with Crippen LogP contribution in [0.4, 0.5) is 5.69 Å². The summed E-state index contributed by atoms with van der Waals surface area (Å²) in [7, 11) is 0. The van der Waals surface area contributed by atoms with Crippen LogP contribution in [0.3, 0.4) is 0 Å². The van der Waals surface area contributed by atoms with E-state index in [2.05, 4.69) is 17.1 Å². The van der Waals surface area contributed by atoms with Crippen molar-refractivity contribution in [3.05, 3.63) is 84.7 Å². The topological polar surface area (TPSA) is 28.4 Å². The summed E-state index contributed by atoms with van der Waals surface area (Å²) in [6.45, 7) is 0.603. The molecule has 1 N–H and O–H groups in total. The zero-order valence-electron chi connectivity index (χ0n) is 11.1. The van der Waals surface area contributed by atoms with Gasteiger partial charge in [-0.3, -0.25) is 9.69 Å². The van der Waals surface area contributed by atoms with Crippen LogP contribution in [0.15, 0.2) is 79.1 Å². The largest absolute Gasteiger partial charge is 0.508 e. The van der Waals surface area contributed by atoms with Crippen molar-refractivity contribution in [1.82, 2.24) is 4.68 Å². The molecule has 20 heavy (non-hydrogen) atoms. The van der Waals surface area contributed by atoms with Gasteiger partial charge >= 0.3 is 0 Å². The van der Waals surface area contributed by atoms with Gasteiger partial charge in [-0.15, -0.1) is 0 Å². The van der Waals surface area contributed by atoms with Crippen LogP contribution in [0.1, 0.15) is 5.56 Å². The predicted octanol–water partition coefficient (Wildman–Crippen LogP) is 3.66. The predicted molar refractivity (Wildman–Crippen MR) is 80.6 cm³/mol. The molecule has 0 aliphatic heterocycles. The summed E-state index contributed by atoms with van der Waals surface area (Å²) < 4.78 is 2.02. The van der Waals surface area contributed by atoms with E-state index in [0.717, 1.165) is 11.3 Å². The van der Waals surface area contributed by atoms with Gasteiger partial charge in [-0.05, 0) is 30.3 Å². The van der Waals surface area contributed by atoms with E-state index < -0.39 is 0 Å². The van der Waals surface area contributed by atoms with E-state index in [4.69, 9.17) is 0 Å². The minimum atomic E-state index is 0.320. The summed E-state index contributed by atoms with van der Waals surface area (Å²) in [6.07, 6.45) is 3.99. The fourth-order valence-electron chi connectivity index (χ4n) is 2.20. The molecule has 3 aromatic rings. The van der Waals surface area contributed by atoms with Crippen molar-refractivity contribution in [1.29, 1.82) is 0 Å². The third-order valence-electron chi connectivity index (χ3n) is 3.23. The lowest BCUT2D eigenvalue weighted by Crippen LogP contribution is -2.27. The molecule has 0 radical (unpaired) electrons. The zero-order valence-corrected chi connectivity index (χ0v) is 11.1. The molecule has 0 unspecified atom stereocenters. The number of phenols is 1. The Balaban J connectivity index is 1.97. The fourth-order valence-corrected chi connectivity index (χ4v) is 2.20. The van der Waals surface area contributed by atoms with Crippen molar-refractivity contribution in [2.75, 3.05) is 5.01 Å². The Bertz CT molecular complexity index is 662. The third-order valence-corrected chi connectivity index (χ3v) is 3.23. The van der Waals surface area contributed by atoms with Gasteiger partial charge in [0.25, 0.3) is 0 Å². The smallest absolute Gasteiger partial charge is 0.120 e. The van der Waals surface area contributed by atoms with E-state index in [1.807, 2.05) is 65.6 Å². The van der Waals surface area contributed by atoms with Gasteiger partial charge in [0.1, 0.15) is 5.75 Å². The lowest BCUT2D eigenvalue weighted by atomic mass is 10.2. The van der Waals surface area contributed by atoms with Gasteiger partial charge in [0.05, 0.1) is 12.2 Å². The van der Waals surface area contributed by atoms with Crippen molar-refractivity contribution in [2.24, 2.45) is 0 Å². The van der Waals surface area contributed by atoms with Crippen LogP contribution in [0.2, 0.25) is 0 Å². The number of anilines is 1. The molecule has 0 fully saturated rings. The molecule has 3 nitrogen and oxygen atoms in total. The van der Waals surface area contributed by atoms with Crippen molar-refractivity contribution in [2.45, 2.75) is 6.54 Å². The molecule has 0 bridgehead atoms. The first kappa shape index (κ1) is 12.4. The van der Waals surface area contributed by atoms with E-state index in [1.54, 1.807) is 6.07 Å². The molecule has 3 rings (SSSR count). The molecule has 1 heterocycles. The number of nitrogens with zero attached hydrogens (tertiary/aromatic N) is 2. The summed E-state index contributed by atoms with van der Waals surface area (Å²) in [4.78, 5) is 0. The van der Waals surface area contributed by atoms with Crippen molar-refractivity contribution >= 4 is 5.69 Å². The Morgan fingerprint density at radius 1 is 0.800 bits per heavy atom. The van der Waals surface area contributed by atoms with Gasteiger partial charge in [0, 0.05) is 18.0 Å². The maximum absolute atomic E-state index is 9.97. The first-order valence-corrected chi connectivity index (χ1v) is 6.57. The highest BCUT2D eigenvalue weighted by Crippen LogP contribution is 2.22. The van der Waals surface area contributed by atoms with E-state index >= 15 is 0 Å². The summed E-state index contributed by atoms with van der Waals surface area (Å²) in [5, 5.41) is 12.1. The van der Waals surface area contributed by atoms with Gasteiger partial charge in [-0.1, -0.05) is 36.4 Å². The molecule has 0 atom stereocenters. The Hall–Kier alpha value is -2.68. The summed E-state index contributed by atoms with van der Waals surface area (Å²) >= 11 is 0. The van der Waals surface area contributed by atoms with Gasteiger partial charge in [-0.25, -0.2) is 0 Å². The first-order valence-electron chi connectivity index (χ1n) is 6.57. The normalized spacial score (nSPS) is 10.4. The quantitative estimate of drug-likeness (QED) is 0.779. The van der Waals surface area contributed by atoms with Crippen LogP contribution >= 0.6 is 0 Å². The highest BCUT2D eigenvalue weighted by molar-refractivity contribution is 5.47. The number of para-hydroxylation sites is 2. The molecular weight excluding hydrogens is 248 g/mol. The average Bonchev–Trinajstić information content (AvgIpc) is 3.01. The monoisotopic (exact) mass is 264 g/mol. The maximum Gasteiger partial charge on any atom is 0.120 e. The second kappa shape index (κ2) is 5.53. The van der Waals surface area contributed by atoms with Crippen LogP contribution in [-0.2, 0) is 6.54 Å². The molecule has 0 aliphatic carbocycles. The van der Waals surface area contributed by atoms with Crippen molar-refractivity contribution in [3.8, 4) is 5.75 Å². The Kier molecular flexibility index (Phi) is 3.42. The summed E-state index contributed by atoms with van der Waals surface area (Å²) in [5.74, 6) is 0.320. The molecular formula is C17H16N2O. The number of rotatable bonds is 4. The highest BCUT2D eigenvalue weighted by Gasteiger charge is 2.10. The van der Waals surface area contributed by atoms with Crippen LogP contribution in [0.5, 0.6) is 5.75 Å². The third kappa shape index (κ3) is 2.52. The fraction of sp³-hybridized carbons (Fsp3) is 0.0588. The molecule has 1 aromatic heterocycles. The Labute approximate surface area is 118 Å². The molecule has 0 amide bonds. The van der Waals surface area contributed by atoms with Crippen LogP contribution in [-0.4, -0.2) is 9.78 Å². The maximum atomic E-state index is 9.97. The molecule has 3 heteroatoms. The number of aromatic hydroxyl groups is 1. The summed E-state index contributed by atoms with van der Waals surface area (Å²) in [5.41, 5.74) is 1.97. The SMILES string of the molecule is Oc1ccccc1CN(c1ccccc1)n1cccc1. The van der Waals surface area contributed by atoms with Crippen LogP contribution in [0, 0.1) is 0 Å². The molecule has 2 aromatic carbocycles. The molecule has 0 spiro atoms. The Morgan fingerprint density at radius 3 is 2.15 bits per heavy atom. The number of phenolic OH excluding ortho intramolecular Hbond substituents is 1. The van der Waals surface area contributed by atoms with Gasteiger partial charge < -0.3 is 5.11 Å². The lowest BCUT2D eigenvalue weighted by molar-refractivity contribution is 0.466. The number of hydrogen-bond donors (Lipinski definition) is 1. The number of hydrogen-bond acceptors (Lipinski definition) is 2. The second-order valence-corrected chi connectivity index (χ2v) is 4.58. The Morgan fingerprint density at radius 2 is 1.45 bits per heavy atom. The highest BCUT2D eigenvalue weighted by atomic mass is 16.3. The van der Waals surface area contributed by atoms with Gasteiger partial charge in [-0.2, -0.15) is 0 Å². The van der Waals surface area contributed by atoms with E-state index in [1.165, 1.54) is 0 Å². The van der Waals surface area contributed by atoms with Crippen molar-refractivity contribution < 1.29 is 5.11 Å². The van der Waals surface area contributed by atoms with Gasteiger partial charge in [0.15, 0.2) is 0 Å². The number of benzene rings is 2. The minimum Gasteiger partial charge on any atom is -0.508 e. The number of aromatic nitrogens is 1. The van der Waals surface area contributed by atoms with Gasteiger partial charge in [0.2, 0.25) is 0 Å². The standard InChI is InChI=1S/C17H16N2O/c20-17-11-5-4-8-15(17)14-19(18-12-6-7-13-18)16-9-2-1-3-10-16/h1-13,20H,14H2. The summed E-state index contributed by atoms with van der Waals surface area (Å²) in [6, 6.07) is 21.5. The van der Waals surface area contributed by atoms with E-state index in [-0.39, 0.29) is 0 Å². The first-order chi connectivity index (χ1) is 9.84. The molecule has 0 aliphatic rings. The lowest BCUT2D eigenvalue weighted by Gasteiger charge is -2.26. The van der Waals surface area contributed by atoms with E-state index in [0.29, 0.717) is 12.3 Å². The van der Waals surface area contributed by atoms with Crippen LogP contribution < -0.4 is 5.01 Å². The second-order valence-electron chi connectivity index (χ2n) is 4.58. The molecule has 0 saturated heterocycles. The van der Waals surface area contributed by atoms with Crippen LogP contribution in [0.25, 0.3) is 0 Å². The van der Waals surface area contributed by atoms with E-state index in [9.17, 15) is 5.11 Å². The molecule has 0 saturated carbocycles. The molecule has 100 valence electrons. The minimum absolute atomic E-state index is 0.320. The zero-order chi connectivity index (χ0) is 13.8. The average molecular weight is 264 g/mol.